The van der Waals surface area contributed by atoms with Gasteiger partial charge in [-0.1, -0.05) is 35.3 Å². The lowest BCUT2D eigenvalue weighted by atomic mass is 10.2. The summed E-state index contributed by atoms with van der Waals surface area (Å²) in [6.07, 6.45) is 5.51. The zero-order valence-corrected chi connectivity index (χ0v) is 18.9. The predicted octanol–water partition coefficient (Wildman–Crippen LogP) is 5.42. The van der Waals surface area contributed by atoms with Crippen LogP contribution in [0.2, 0.25) is 0 Å². The SMILES string of the molecule is CCCCOc1ccc(C(=O)NC(=NCc2ccncc2)Nc2cccc(Br)c2)cc1. The van der Waals surface area contributed by atoms with Gasteiger partial charge in [0.1, 0.15) is 5.75 Å². The molecule has 31 heavy (non-hydrogen) atoms. The second-order valence-electron chi connectivity index (χ2n) is 6.84. The number of hydrogen-bond donors (Lipinski definition) is 2. The zero-order chi connectivity index (χ0) is 21.9. The third kappa shape index (κ3) is 7.53. The molecular weight excluding hydrogens is 456 g/mol. The van der Waals surface area contributed by atoms with Crippen LogP contribution in [0.3, 0.4) is 0 Å². The van der Waals surface area contributed by atoms with Crippen LogP contribution >= 0.6 is 15.9 Å². The Labute approximate surface area is 190 Å². The highest BCUT2D eigenvalue weighted by Crippen LogP contribution is 2.16. The van der Waals surface area contributed by atoms with Gasteiger partial charge in [0.2, 0.25) is 5.96 Å². The third-order valence-electron chi connectivity index (χ3n) is 4.37. The van der Waals surface area contributed by atoms with Crippen molar-refractivity contribution >= 4 is 33.5 Å². The van der Waals surface area contributed by atoms with Gasteiger partial charge in [-0.15, -0.1) is 0 Å². The van der Waals surface area contributed by atoms with E-state index in [1.807, 2.05) is 36.4 Å². The number of hydrogen-bond acceptors (Lipinski definition) is 4. The van der Waals surface area contributed by atoms with Gasteiger partial charge in [-0.2, -0.15) is 0 Å². The first kappa shape index (κ1) is 22.5. The molecule has 0 aliphatic rings. The van der Waals surface area contributed by atoms with Crippen molar-refractivity contribution in [3.63, 3.8) is 0 Å². The number of unbranched alkanes of at least 4 members (excludes halogenated alkanes) is 1. The van der Waals surface area contributed by atoms with Crippen molar-refractivity contribution in [1.29, 1.82) is 0 Å². The Kier molecular flexibility index (Phi) is 8.60. The van der Waals surface area contributed by atoms with E-state index in [0.717, 1.165) is 34.3 Å². The summed E-state index contributed by atoms with van der Waals surface area (Å²) in [6, 6.07) is 18.5. The van der Waals surface area contributed by atoms with E-state index in [1.165, 1.54) is 0 Å². The average Bonchev–Trinajstić information content (AvgIpc) is 2.79. The minimum atomic E-state index is -0.254. The van der Waals surface area contributed by atoms with Crippen LogP contribution in [0.4, 0.5) is 5.69 Å². The van der Waals surface area contributed by atoms with Crippen molar-refractivity contribution in [3.05, 3.63) is 88.7 Å². The monoisotopic (exact) mass is 480 g/mol. The smallest absolute Gasteiger partial charge is 0.257 e. The van der Waals surface area contributed by atoms with E-state index in [4.69, 9.17) is 4.74 Å². The largest absolute Gasteiger partial charge is 0.494 e. The molecule has 3 rings (SSSR count). The number of pyridine rings is 1. The molecule has 2 N–H and O–H groups in total. The van der Waals surface area contributed by atoms with Crippen molar-refractivity contribution in [3.8, 4) is 5.75 Å². The number of carbonyl (C=O) groups excluding carboxylic acids is 1. The molecule has 1 aromatic heterocycles. The summed E-state index contributed by atoms with van der Waals surface area (Å²) < 4.78 is 6.59. The molecule has 3 aromatic rings. The van der Waals surface area contributed by atoms with Crippen LogP contribution in [0, 0.1) is 0 Å². The Balaban J connectivity index is 1.71. The Hall–Kier alpha value is -3.19. The second-order valence-corrected chi connectivity index (χ2v) is 7.75. The van der Waals surface area contributed by atoms with Gasteiger partial charge in [-0.25, -0.2) is 4.99 Å². The molecule has 0 bridgehead atoms. The first-order chi connectivity index (χ1) is 15.1. The van der Waals surface area contributed by atoms with E-state index >= 15 is 0 Å². The molecule has 0 saturated heterocycles. The Morgan fingerprint density at radius 3 is 2.58 bits per heavy atom. The van der Waals surface area contributed by atoms with Gasteiger partial charge < -0.3 is 10.1 Å². The number of aliphatic imine (C=N–C) groups is 1. The number of ether oxygens (including phenoxy) is 1. The fourth-order valence-corrected chi connectivity index (χ4v) is 3.09. The van der Waals surface area contributed by atoms with E-state index in [0.29, 0.717) is 24.7 Å². The minimum Gasteiger partial charge on any atom is -0.494 e. The summed E-state index contributed by atoms with van der Waals surface area (Å²) in [5.41, 5.74) is 2.32. The number of nitrogens with zero attached hydrogens (tertiary/aromatic N) is 2. The highest BCUT2D eigenvalue weighted by atomic mass is 79.9. The maximum Gasteiger partial charge on any atom is 0.257 e. The quantitative estimate of drug-likeness (QED) is 0.256. The molecule has 0 aliphatic heterocycles. The molecule has 0 saturated carbocycles. The van der Waals surface area contributed by atoms with E-state index < -0.39 is 0 Å². The van der Waals surface area contributed by atoms with Gasteiger partial charge in [0.05, 0.1) is 13.2 Å². The molecular formula is C24H25BrN4O2. The standard InChI is InChI=1S/C24H25BrN4O2/c1-2-3-15-31-22-9-7-19(8-10-22)23(30)29-24(27-17-18-11-13-26-14-12-18)28-21-6-4-5-20(25)16-21/h4-14,16H,2-3,15,17H2,1H3,(H2,27,28,29,30). The molecule has 0 unspecified atom stereocenters. The van der Waals surface area contributed by atoms with Crippen LogP contribution in [0.1, 0.15) is 35.7 Å². The highest BCUT2D eigenvalue weighted by Gasteiger charge is 2.10. The number of guanidine groups is 1. The fourth-order valence-electron chi connectivity index (χ4n) is 2.69. The van der Waals surface area contributed by atoms with Crippen molar-refractivity contribution < 1.29 is 9.53 Å². The van der Waals surface area contributed by atoms with Crippen molar-refractivity contribution in [2.24, 2.45) is 4.99 Å². The molecule has 160 valence electrons. The molecule has 0 fully saturated rings. The highest BCUT2D eigenvalue weighted by molar-refractivity contribution is 9.10. The van der Waals surface area contributed by atoms with E-state index in [9.17, 15) is 4.79 Å². The molecule has 1 amide bonds. The summed E-state index contributed by atoms with van der Waals surface area (Å²) in [5, 5.41) is 6.06. The first-order valence-corrected chi connectivity index (χ1v) is 10.9. The van der Waals surface area contributed by atoms with Crippen molar-refractivity contribution in [2.75, 3.05) is 11.9 Å². The molecule has 0 radical (unpaired) electrons. The number of amides is 1. The van der Waals surface area contributed by atoms with Crippen LogP contribution in [-0.4, -0.2) is 23.5 Å². The molecule has 2 aromatic carbocycles. The minimum absolute atomic E-state index is 0.254. The van der Waals surface area contributed by atoms with Crippen LogP contribution in [0.15, 0.2) is 82.5 Å². The maximum absolute atomic E-state index is 12.8. The van der Waals surface area contributed by atoms with Gasteiger partial charge in [-0.3, -0.25) is 15.1 Å². The number of anilines is 1. The van der Waals surface area contributed by atoms with Gasteiger partial charge in [0.25, 0.3) is 5.91 Å². The van der Waals surface area contributed by atoms with Gasteiger partial charge >= 0.3 is 0 Å². The Bertz CT molecular complexity index is 1010. The number of aromatic nitrogens is 1. The van der Waals surface area contributed by atoms with Gasteiger partial charge in [0, 0.05) is 28.1 Å². The van der Waals surface area contributed by atoms with Gasteiger partial charge in [0.15, 0.2) is 0 Å². The number of rotatable bonds is 8. The lowest BCUT2D eigenvalue weighted by Crippen LogP contribution is -2.36. The molecule has 0 aliphatic carbocycles. The molecule has 6 nitrogen and oxygen atoms in total. The number of nitrogens with one attached hydrogen (secondary N) is 2. The van der Waals surface area contributed by atoms with E-state index in [-0.39, 0.29) is 5.91 Å². The van der Waals surface area contributed by atoms with Crippen LogP contribution in [0.5, 0.6) is 5.75 Å². The number of carbonyl (C=O) groups is 1. The molecule has 0 spiro atoms. The van der Waals surface area contributed by atoms with Crippen molar-refractivity contribution in [1.82, 2.24) is 10.3 Å². The first-order valence-electron chi connectivity index (χ1n) is 10.1. The summed E-state index contributed by atoms with van der Waals surface area (Å²) >= 11 is 3.46. The van der Waals surface area contributed by atoms with Gasteiger partial charge in [-0.05, 0) is 66.6 Å². The van der Waals surface area contributed by atoms with Crippen molar-refractivity contribution in [2.45, 2.75) is 26.3 Å². The molecule has 7 heteroatoms. The number of benzene rings is 2. The fraction of sp³-hybridized carbons (Fsp3) is 0.208. The van der Waals surface area contributed by atoms with Crippen LogP contribution < -0.4 is 15.4 Å². The Morgan fingerprint density at radius 2 is 1.87 bits per heavy atom. The summed E-state index contributed by atoms with van der Waals surface area (Å²) in [4.78, 5) is 21.4. The zero-order valence-electron chi connectivity index (χ0n) is 17.3. The number of halogens is 1. The Morgan fingerprint density at radius 1 is 1.10 bits per heavy atom. The maximum atomic E-state index is 12.8. The summed E-state index contributed by atoms with van der Waals surface area (Å²) in [6.45, 7) is 3.19. The topological polar surface area (TPSA) is 75.6 Å². The predicted molar refractivity (Wildman–Crippen MR) is 127 cm³/mol. The van der Waals surface area contributed by atoms with Crippen LogP contribution in [-0.2, 0) is 6.54 Å². The van der Waals surface area contributed by atoms with E-state index in [2.05, 4.69) is 43.5 Å². The van der Waals surface area contributed by atoms with E-state index in [1.54, 1.807) is 36.7 Å². The normalized spacial score (nSPS) is 11.1. The second kappa shape index (κ2) is 11.9. The van der Waals surface area contributed by atoms with Crippen LogP contribution in [0.25, 0.3) is 0 Å². The third-order valence-corrected chi connectivity index (χ3v) is 4.86. The molecule has 0 atom stereocenters. The molecule has 1 heterocycles. The summed E-state index contributed by atoms with van der Waals surface area (Å²) in [5.74, 6) is 0.864. The average molecular weight is 481 g/mol. The summed E-state index contributed by atoms with van der Waals surface area (Å²) in [7, 11) is 0. The lowest BCUT2D eigenvalue weighted by Gasteiger charge is -2.13. The lowest BCUT2D eigenvalue weighted by molar-refractivity contribution is 0.0977.